The molecule has 0 atom stereocenters. The fraction of sp³-hybridized carbons (Fsp3) is 0.762. The SMILES string of the molecule is CC/C=C(/C=C(\CCC)C(C)C)N1CCN(C(=O)OC(C)(C)C)CC1. The van der Waals surface area contributed by atoms with Gasteiger partial charge >= 0.3 is 6.09 Å². The lowest BCUT2D eigenvalue weighted by molar-refractivity contribution is 0.0171. The fourth-order valence-electron chi connectivity index (χ4n) is 2.97. The molecule has 25 heavy (non-hydrogen) atoms. The number of nitrogens with zero attached hydrogens (tertiary/aromatic N) is 2. The Bertz CT molecular complexity index is 479. The molecule has 0 aliphatic carbocycles. The van der Waals surface area contributed by atoms with E-state index in [0.29, 0.717) is 19.0 Å². The summed E-state index contributed by atoms with van der Waals surface area (Å²) in [5, 5.41) is 0. The Labute approximate surface area is 154 Å². The molecule has 0 bridgehead atoms. The Balaban J connectivity index is 2.76. The number of carbonyl (C=O) groups excluding carboxylic acids is 1. The Morgan fingerprint density at radius 1 is 1.08 bits per heavy atom. The molecule has 4 heteroatoms. The molecular weight excluding hydrogens is 312 g/mol. The Morgan fingerprint density at radius 3 is 2.08 bits per heavy atom. The van der Waals surface area contributed by atoms with Crippen LogP contribution in [0.2, 0.25) is 0 Å². The predicted molar refractivity (Wildman–Crippen MR) is 106 cm³/mol. The van der Waals surface area contributed by atoms with Crippen LogP contribution in [-0.4, -0.2) is 47.7 Å². The summed E-state index contributed by atoms with van der Waals surface area (Å²) >= 11 is 0. The van der Waals surface area contributed by atoms with Gasteiger partial charge in [0.15, 0.2) is 0 Å². The summed E-state index contributed by atoms with van der Waals surface area (Å²) in [4.78, 5) is 16.5. The molecule has 0 N–H and O–H groups in total. The van der Waals surface area contributed by atoms with Crippen molar-refractivity contribution in [2.24, 2.45) is 5.92 Å². The predicted octanol–water partition coefficient (Wildman–Crippen LogP) is 5.22. The molecule has 0 radical (unpaired) electrons. The van der Waals surface area contributed by atoms with E-state index in [-0.39, 0.29) is 6.09 Å². The average molecular weight is 351 g/mol. The molecule has 144 valence electrons. The molecule has 1 fully saturated rings. The number of hydrogen-bond donors (Lipinski definition) is 0. The molecule has 1 rings (SSSR count). The summed E-state index contributed by atoms with van der Waals surface area (Å²) in [6, 6.07) is 0. The highest BCUT2D eigenvalue weighted by Gasteiger charge is 2.26. The maximum atomic E-state index is 12.2. The van der Waals surface area contributed by atoms with Crippen molar-refractivity contribution in [2.75, 3.05) is 26.2 Å². The van der Waals surface area contributed by atoms with E-state index in [1.54, 1.807) is 0 Å². The van der Waals surface area contributed by atoms with Crippen LogP contribution in [0.3, 0.4) is 0 Å². The molecule has 0 spiro atoms. The summed E-state index contributed by atoms with van der Waals surface area (Å²) in [7, 11) is 0. The van der Waals surface area contributed by atoms with E-state index < -0.39 is 5.60 Å². The Morgan fingerprint density at radius 2 is 1.64 bits per heavy atom. The summed E-state index contributed by atoms with van der Waals surface area (Å²) in [6.07, 6.45) is 7.84. The third-order valence-electron chi connectivity index (χ3n) is 4.32. The van der Waals surface area contributed by atoms with Gasteiger partial charge in [0, 0.05) is 31.9 Å². The van der Waals surface area contributed by atoms with Crippen molar-refractivity contribution in [1.29, 1.82) is 0 Å². The second kappa shape index (κ2) is 9.88. The van der Waals surface area contributed by atoms with E-state index in [2.05, 4.69) is 44.7 Å². The molecule has 1 amide bonds. The van der Waals surface area contributed by atoms with Crippen LogP contribution >= 0.6 is 0 Å². The van der Waals surface area contributed by atoms with Crippen LogP contribution in [0.15, 0.2) is 23.4 Å². The first-order chi connectivity index (χ1) is 11.7. The molecule has 1 saturated heterocycles. The van der Waals surface area contributed by atoms with Crippen molar-refractivity contribution in [2.45, 2.75) is 73.3 Å². The zero-order valence-corrected chi connectivity index (χ0v) is 17.4. The maximum Gasteiger partial charge on any atom is 0.410 e. The lowest BCUT2D eigenvalue weighted by Gasteiger charge is -2.37. The second-order valence-electron chi connectivity index (χ2n) is 8.12. The first kappa shape index (κ1) is 21.6. The number of ether oxygens (including phenoxy) is 1. The van der Waals surface area contributed by atoms with Crippen molar-refractivity contribution >= 4 is 6.09 Å². The lowest BCUT2D eigenvalue weighted by atomic mass is 9.97. The van der Waals surface area contributed by atoms with Gasteiger partial charge in [-0.15, -0.1) is 0 Å². The highest BCUT2D eigenvalue weighted by Crippen LogP contribution is 2.22. The smallest absolute Gasteiger partial charge is 0.410 e. The maximum absolute atomic E-state index is 12.2. The molecule has 4 nitrogen and oxygen atoms in total. The van der Waals surface area contributed by atoms with Crippen LogP contribution in [0.25, 0.3) is 0 Å². The van der Waals surface area contributed by atoms with Crippen LogP contribution < -0.4 is 0 Å². The van der Waals surface area contributed by atoms with Crippen molar-refractivity contribution in [3.8, 4) is 0 Å². The summed E-state index contributed by atoms with van der Waals surface area (Å²) in [5.74, 6) is 0.572. The third kappa shape index (κ3) is 7.54. The number of hydrogen-bond acceptors (Lipinski definition) is 3. The second-order valence-corrected chi connectivity index (χ2v) is 8.12. The summed E-state index contributed by atoms with van der Waals surface area (Å²) in [5.41, 5.74) is 2.39. The monoisotopic (exact) mass is 350 g/mol. The fourth-order valence-corrected chi connectivity index (χ4v) is 2.97. The Kier molecular flexibility index (Phi) is 8.54. The van der Waals surface area contributed by atoms with Gasteiger partial charge in [0.05, 0.1) is 0 Å². The number of allylic oxidation sites excluding steroid dienone is 3. The van der Waals surface area contributed by atoms with Gasteiger partial charge in [-0.25, -0.2) is 4.79 Å². The van der Waals surface area contributed by atoms with Crippen LogP contribution in [0.5, 0.6) is 0 Å². The van der Waals surface area contributed by atoms with Crippen molar-refractivity contribution in [3.63, 3.8) is 0 Å². The minimum absolute atomic E-state index is 0.197. The van der Waals surface area contributed by atoms with Crippen LogP contribution in [-0.2, 0) is 4.74 Å². The van der Waals surface area contributed by atoms with E-state index in [1.807, 2.05) is 25.7 Å². The van der Waals surface area contributed by atoms with Gasteiger partial charge in [-0.3, -0.25) is 0 Å². The molecule has 0 aromatic heterocycles. The lowest BCUT2D eigenvalue weighted by Crippen LogP contribution is -2.49. The summed E-state index contributed by atoms with van der Waals surface area (Å²) in [6.45, 7) is 17.8. The molecule has 1 aliphatic rings. The van der Waals surface area contributed by atoms with Gasteiger partial charge in [-0.05, 0) is 45.6 Å². The third-order valence-corrected chi connectivity index (χ3v) is 4.32. The number of piperazine rings is 1. The van der Waals surface area contributed by atoms with Gasteiger partial charge < -0.3 is 14.5 Å². The van der Waals surface area contributed by atoms with E-state index in [4.69, 9.17) is 4.74 Å². The van der Waals surface area contributed by atoms with E-state index >= 15 is 0 Å². The number of carbonyl (C=O) groups is 1. The van der Waals surface area contributed by atoms with Crippen molar-refractivity contribution in [3.05, 3.63) is 23.4 Å². The van der Waals surface area contributed by atoms with Crippen LogP contribution in [0.4, 0.5) is 4.79 Å². The quantitative estimate of drug-likeness (QED) is 0.616. The molecular formula is C21H38N2O2. The minimum atomic E-state index is -0.434. The molecule has 1 heterocycles. The first-order valence-corrected chi connectivity index (χ1v) is 9.81. The van der Waals surface area contributed by atoms with E-state index in [9.17, 15) is 4.79 Å². The number of rotatable bonds is 6. The largest absolute Gasteiger partial charge is 0.444 e. The van der Waals surface area contributed by atoms with Gasteiger partial charge in [0.1, 0.15) is 5.60 Å². The minimum Gasteiger partial charge on any atom is -0.444 e. The molecule has 0 aromatic carbocycles. The van der Waals surface area contributed by atoms with Gasteiger partial charge in [-0.2, -0.15) is 0 Å². The van der Waals surface area contributed by atoms with E-state index in [0.717, 1.165) is 25.9 Å². The average Bonchev–Trinajstić information content (AvgIpc) is 2.52. The standard InChI is InChI=1S/C21H38N2O2/c1-8-10-18(17(3)4)16-19(11-9-2)22-12-14-23(15-13-22)20(24)25-21(5,6)7/h11,16-17H,8-10,12-15H2,1-7H3/b18-16+,19-11-. The van der Waals surface area contributed by atoms with Gasteiger partial charge in [-0.1, -0.05) is 45.8 Å². The highest BCUT2D eigenvalue weighted by molar-refractivity contribution is 5.68. The summed E-state index contributed by atoms with van der Waals surface area (Å²) < 4.78 is 5.49. The van der Waals surface area contributed by atoms with E-state index in [1.165, 1.54) is 17.7 Å². The normalized spacial score (nSPS) is 17.3. The molecule has 0 saturated carbocycles. The van der Waals surface area contributed by atoms with Gasteiger partial charge in [0.25, 0.3) is 0 Å². The molecule has 1 aliphatic heterocycles. The first-order valence-electron chi connectivity index (χ1n) is 9.81. The Hall–Kier alpha value is -1.45. The van der Waals surface area contributed by atoms with Crippen molar-refractivity contribution < 1.29 is 9.53 Å². The zero-order valence-electron chi connectivity index (χ0n) is 17.4. The van der Waals surface area contributed by atoms with Crippen molar-refractivity contribution in [1.82, 2.24) is 9.80 Å². The molecule has 0 aromatic rings. The zero-order chi connectivity index (χ0) is 19.0. The van der Waals surface area contributed by atoms with Crippen LogP contribution in [0.1, 0.15) is 67.7 Å². The highest BCUT2D eigenvalue weighted by atomic mass is 16.6. The topological polar surface area (TPSA) is 32.8 Å². The molecule has 0 unspecified atom stereocenters. The number of amides is 1. The van der Waals surface area contributed by atoms with Gasteiger partial charge in [0.2, 0.25) is 0 Å². The van der Waals surface area contributed by atoms with Crippen LogP contribution in [0, 0.1) is 5.92 Å².